The average molecular weight is 702 g/mol. The molecule has 0 saturated carbocycles. The van der Waals surface area contributed by atoms with E-state index < -0.39 is 48.3 Å². The zero-order chi connectivity index (χ0) is 35.6. The average Bonchev–Trinajstić information content (AvgIpc) is 3.50. The fraction of sp³-hybridized carbons (Fsp3) is 0.500. The van der Waals surface area contributed by atoms with Crippen molar-refractivity contribution in [2.24, 2.45) is 0 Å². The van der Waals surface area contributed by atoms with Crippen molar-refractivity contribution in [1.82, 2.24) is 15.1 Å². The molecular formula is C40H51N3O8. The lowest BCUT2D eigenvalue weighted by Crippen LogP contribution is -2.52. The number of benzene rings is 3. The lowest BCUT2D eigenvalue weighted by Gasteiger charge is -2.34. The summed E-state index contributed by atoms with van der Waals surface area (Å²) < 4.78 is 22.6. The summed E-state index contributed by atoms with van der Waals surface area (Å²) in [6, 6.07) is 23.6. The van der Waals surface area contributed by atoms with Gasteiger partial charge in [0.05, 0.1) is 38.1 Å². The van der Waals surface area contributed by atoms with Crippen molar-refractivity contribution in [3.8, 4) is 5.75 Å². The summed E-state index contributed by atoms with van der Waals surface area (Å²) in [6.45, 7) is 5.57. The molecule has 2 aliphatic heterocycles. The molecule has 6 rings (SSSR count). The van der Waals surface area contributed by atoms with Crippen LogP contribution in [0.2, 0.25) is 0 Å². The minimum Gasteiger partial charge on any atom is -0.492 e. The van der Waals surface area contributed by atoms with Crippen LogP contribution >= 0.6 is 0 Å². The van der Waals surface area contributed by atoms with Crippen LogP contribution in [0.25, 0.3) is 0 Å². The molecule has 0 aromatic heterocycles. The fourth-order valence-corrected chi connectivity index (χ4v) is 7.43. The Balaban J connectivity index is 1.20. The van der Waals surface area contributed by atoms with Crippen LogP contribution in [-0.4, -0.2) is 116 Å². The van der Waals surface area contributed by atoms with Crippen LogP contribution in [0.15, 0.2) is 78.9 Å². The van der Waals surface area contributed by atoms with E-state index in [1.54, 1.807) is 7.05 Å². The summed E-state index contributed by atoms with van der Waals surface area (Å²) in [7, 11) is 1.64. The van der Waals surface area contributed by atoms with E-state index in [1.165, 1.54) is 4.90 Å². The van der Waals surface area contributed by atoms with Gasteiger partial charge in [-0.2, -0.15) is 0 Å². The van der Waals surface area contributed by atoms with Gasteiger partial charge in [-0.3, -0.25) is 9.69 Å². The molecule has 2 saturated heterocycles. The van der Waals surface area contributed by atoms with E-state index in [0.29, 0.717) is 39.1 Å². The summed E-state index contributed by atoms with van der Waals surface area (Å²) in [4.78, 5) is 31.4. The van der Waals surface area contributed by atoms with Crippen LogP contribution in [0.4, 0.5) is 4.79 Å². The monoisotopic (exact) mass is 701 g/mol. The molecule has 3 aliphatic rings. The number of hydrogen-bond donors (Lipinski definition) is 3. The second-order valence-corrected chi connectivity index (χ2v) is 13.8. The first-order valence-electron chi connectivity index (χ1n) is 18.2. The second kappa shape index (κ2) is 18.0. The van der Waals surface area contributed by atoms with E-state index in [-0.39, 0.29) is 6.42 Å². The highest BCUT2D eigenvalue weighted by molar-refractivity contribution is 5.86. The number of nitrogens with one attached hydrogen (secondary N) is 1. The normalized spacial score (nSPS) is 22.3. The molecule has 0 spiro atoms. The number of carbonyl (C=O) groups is 2. The lowest BCUT2D eigenvalue weighted by molar-refractivity contribution is -0.137. The minimum atomic E-state index is -1.12. The third kappa shape index (κ3) is 9.87. The van der Waals surface area contributed by atoms with E-state index in [0.717, 1.165) is 67.3 Å². The molecule has 0 bridgehead atoms. The molecule has 3 aromatic rings. The topological polar surface area (TPSA) is 130 Å². The van der Waals surface area contributed by atoms with Gasteiger partial charge in [-0.05, 0) is 53.6 Å². The molecule has 11 heteroatoms. The number of alkyl carbamates (subject to hydrolysis) is 1. The number of amides is 2. The largest absolute Gasteiger partial charge is 0.492 e. The van der Waals surface area contributed by atoms with Gasteiger partial charge in [-0.15, -0.1) is 0 Å². The maximum Gasteiger partial charge on any atom is 0.408 e. The van der Waals surface area contributed by atoms with E-state index in [9.17, 15) is 19.8 Å². The van der Waals surface area contributed by atoms with Crippen molar-refractivity contribution in [2.75, 3.05) is 59.7 Å². The number of ether oxygens (including phenoxy) is 4. The molecule has 2 amide bonds. The van der Waals surface area contributed by atoms with Gasteiger partial charge in [0.25, 0.3) is 0 Å². The van der Waals surface area contributed by atoms with Gasteiger partial charge in [0.2, 0.25) is 5.91 Å². The molecule has 2 fully saturated rings. The number of rotatable bonds is 14. The Kier molecular flexibility index (Phi) is 13.0. The van der Waals surface area contributed by atoms with Crippen LogP contribution in [-0.2, 0) is 31.8 Å². The summed E-state index contributed by atoms with van der Waals surface area (Å²) >= 11 is 0. The number of aliphatic hydroxyl groups excluding tert-OH is 2. The first-order valence-corrected chi connectivity index (χ1v) is 18.2. The van der Waals surface area contributed by atoms with Gasteiger partial charge < -0.3 is 39.4 Å². The van der Waals surface area contributed by atoms with E-state index in [1.807, 2.05) is 78.9 Å². The van der Waals surface area contributed by atoms with Crippen LogP contribution in [0, 0.1) is 0 Å². The van der Waals surface area contributed by atoms with Crippen LogP contribution in [0.1, 0.15) is 53.5 Å². The SMILES string of the molecule is CN(C(=O)[C@@H](C[C@H](O)[C@@H](Cc1ccccc1)c1ccc(OCCN2CCOCC2)cc1)NC(=O)O[C@@H]1CCCOC1)[C@H]1c2ccccc2C[C@H]1O. The summed E-state index contributed by atoms with van der Waals surface area (Å²) in [5.41, 5.74) is 3.76. The van der Waals surface area contributed by atoms with Crippen LogP contribution < -0.4 is 10.1 Å². The maximum absolute atomic E-state index is 14.3. The predicted molar refractivity (Wildman–Crippen MR) is 192 cm³/mol. The molecule has 3 N–H and O–H groups in total. The predicted octanol–water partition coefficient (Wildman–Crippen LogP) is 3.87. The number of nitrogens with zero attached hydrogens (tertiary/aromatic N) is 2. The van der Waals surface area contributed by atoms with Gasteiger partial charge in [0.1, 0.15) is 24.5 Å². The number of aliphatic hydroxyl groups is 2. The highest BCUT2D eigenvalue weighted by atomic mass is 16.6. The van der Waals surface area contributed by atoms with Gasteiger partial charge in [0, 0.05) is 52.0 Å². The molecule has 1 aliphatic carbocycles. The van der Waals surface area contributed by atoms with Crippen molar-refractivity contribution in [2.45, 2.75) is 68.4 Å². The summed E-state index contributed by atoms with van der Waals surface area (Å²) in [5.74, 6) is -0.0898. The number of morpholine rings is 1. The quantitative estimate of drug-likeness (QED) is 0.230. The molecule has 3 aromatic carbocycles. The third-order valence-corrected chi connectivity index (χ3v) is 10.2. The molecule has 0 radical (unpaired) electrons. The Bertz CT molecular complexity index is 1540. The molecule has 51 heavy (non-hydrogen) atoms. The van der Waals surface area contributed by atoms with E-state index in [2.05, 4.69) is 10.2 Å². The lowest BCUT2D eigenvalue weighted by atomic mass is 9.84. The Morgan fingerprint density at radius 2 is 1.73 bits per heavy atom. The Hall–Kier alpha value is -4.00. The Morgan fingerprint density at radius 1 is 0.980 bits per heavy atom. The molecule has 274 valence electrons. The van der Waals surface area contributed by atoms with Crippen molar-refractivity contribution in [3.63, 3.8) is 0 Å². The Labute approximate surface area is 300 Å². The molecule has 0 unspecified atom stereocenters. The van der Waals surface area contributed by atoms with Crippen LogP contribution in [0.5, 0.6) is 5.75 Å². The standard InChI is InChI=1S/C40H51N3O8/c1-42(38-33-12-6-5-10-30(33)25-37(38)45)39(46)35(41-40(47)51-32-11-7-20-49-27-32)26-36(44)34(24-28-8-3-2-4-9-28)29-13-15-31(16-14-29)50-23-19-43-17-21-48-22-18-43/h2-6,8-10,12-16,32,34-38,44-45H,7,11,17-27H2,1H3,(H,41,47)/t32-,34+,35-,36+,37-,38+/m1/s1. The zero-order valence-corrected chi connectivity index (χ0v) is 29.4. The number of carbonyl (C=O) groups excluding carboxylic acids is 2. The molecular weight excluding hydrogens is 650 g/mol. The molecule has 2 heterocycles. The maximum atomic E-state index is 14.3. The smallest absolute Gasteiger partial charge is 0.408 e. The van der Waals surface area contributed by atoms with Crippen molar-refractivity contribution in [3.05, 3.63) is 101 Å². The van der Waals surface area contributed by atoms with Gasteiger partial charge in [-0.25, -0.2) is 4.79 Å². The fourth-order valence-electron chi connectivity index (χ4n) is 7.43. The number of likely N-dealkylation sites (N-methyl/N-ethyl adjacent to an activating group) is 1. The Morgan fingerprint density at radius 3 is 2.47 bits per heavy atom. The van der Waals surface area contributed by atoms with Crippen LogP contribution in [0.3, 0.4) is 0 Å². The van der Waals surface area contributed by atoms with Crippen molar-refractivity contribution in [1.29, 1.82) is 0 Å². The zero-order valence-electron chi connectivity index (χ0n) is 29.4. The molecule has 11 nitrogen and oxygen atoms in total. The first kappa shape index (κ1) is 36.8. The number of fused-ring (bicyclic) bond motifs is 1. The second-order valence-electron chi connectivity index (χ2n) is 13.8. The van der Waals surface area contributed by atoms with Crippen molar-refractivity contribution < 1.29 is 38.7 Å². The highest BCUT2D eigenvalue weighted by Gasteiger charge is 2.40. The summed E-state index contributed by atoms with van der Waals surface area (Å²) in [6.07, 6.45) is -0.668. The van der Waals surface area contributed by atoms with Gasteiger partial charge in [0.15, 0.2) is 0 Å². The van der Waals surface area contributed by atoms with Crippen molar-refractivity contribution >= 4 is 12.0 Å². The first-order chi connectivity index (χ1) is 24.9. The minimum absolute atomic E-state index is 0.0702. The third-order valence-electron chi connectivity index (χ3n) is 10.2. The van der Waals surface area contributed by atoms with E-state index >= 15 is 0 Å². The molecule has 6 atom stereocenters. The van der Waals surface area contributed by atoms with Gasteiger partial charge >= 0.3 is 6.09 Å². The van der Waals surface area contributed by atoms with E-state index in [4.69, 9.17) is 18.9 Å². The summed E-state index contributed by atoms with van der Waals surface area (Å²) in [5, 5.41) is 25.8. The van der Waals surface area contributed by atoms with Gasteiger partial charge in [-0.1, -0.05) is 66.7 Å². The number of hydrogen-bond acceptors (Lipinski definition) is 9. The highest BCUT2D eigenvalue weighted by Crippen LogP contribution is 2.36.